The molecule has 1 aromatic carbocycles. The zero-order chi connectivity index (χ0) is 14.4. The average Bonchev–Trinajstić information content (AvgIpc) is 2.27. The van der Waals surface area contributed by atoms with Crippen LogP contribution in [0.15, 0.2) is 16.6 Å². The summed E-state index contributed by atoms with van der Waals surface area (Å²) in [7, 11) is 0. The van der Waals surface area contributed by atoms with Crippen molar-refractivity contribution in [3.8, 4) is 0 Å². The van der Waals surface area contributed by atoms with E-state index in [1.54, 1.807) is 0 Å². The minimum Gasteiger partial charge on any atom is -0.310 e. The number of nitrogens with one attached hydrogen (secondary N) is 1. The molecule has 0 aliphatic heterocycles. The highest BCUT2D eigenvalue weighted by atomic mass is 79.9. The van der Waals surface area contributed by atoms with E-state index in [9.17, 15) is 8.78 Å². The molecule has 19 heavy (non-hydrogen) atoms. The number of halogens is 3. The lowest BCUT2D eigenvalue weighted by atomic mass is 9.92. The van der Waals surface area contributed by atoms with Gasteiger partial charge in [-0.3, -0.25) is 0 Å². The van der Waals surface area contributed by atoms with E-state index in [-0.39, 0.29) is 11.6 Å². The molecule has 1 aromatic rings. The molecule has 2 unspecified atom stereocenters. The van der Waals surface area contributed by atoms with Crippen molar-refractivity contribution in [2.45, 2.75) is 46.1 Å². The molecule has 0 fully saturated rings. The summed E-state index contributed by atoms with van der Waals surface area (Å²) in [4.78, 5) is 0. The van der Waals surface area contributed by atoms with Crippen LogP contribution in [-0.4, -0.2) is 6.54 Å². The minimum absolute atomic E-state index is 0.160. The van der Waals surface area contributed by atoms with E-state index in [4.69, 9.17) is 0 Å². The monoisotopic (exact) mass is 333 g/mol. The second-order valence-corrected chi connectivity index (χ2v) is 5.94. The van der Waals surface area contributed by atoms with Crippen molar-refractivity contribution >= 4 is 15.9 Å². The van der Waals surface area contributed by atoms with Crippen LogP contribution in [-0.2, 0) is 0 Å². The molecule has 2 atom stereocenters. The van der Waals surface area contributed by atoms with E-state index in [1.807, 2.05) is 6.92 Å². The lowest BCUT2D eigenvalue weighted by Gasteiger charge is -2.23. The maximum Gasteiger partial charge on any atom is 0.132 e. The zero-order valence-corrected chi connectivity index (χ0v) is 13.4. The fraction of sp³-hybridized carbons (Fsp3) is 0.600. The number of hydrogen-bond acceptors (Lipinski definition) is 1. The predicted molar refractivity (Wildman–Crippen MR) is 79.2 cm³/mol. The molecule has 0 spiro atoms. The van der Waals surface area contributed by atoms with Gasteiger partial charge in [0, 0.05) is 16.1 Å². The molecule has 1 nitrogen and oxygen atoms in total. The predicted octanol–water partition coefficient (Wildman–Crippen LogP) is 5.20. The molecule has 0 bridgehead atoms. The van der Waals surface area contributed by atoms with Gasteiger partial charge in [-0.1, -0.05) is 49.5 Å². The Bertz CT molecular complexity index is 386. The van der Waals surface area contributed by atoms with E-state index >= 15 is 0 Å². The maximum absolute atomic E-state index is 14.0. The second kappa shape index (κ2) is 7.95. The summed E-state index contributed by atoms with van der Waals surface area (Å²) in [6.45, 7) is 6.90. The van der Waals surface area contributed by atoms with Crippen molar-refractivity contribution in [1.82, 2.24) is 5.32 Å². The van der Waals surface area contributed by atoms with Crippen LogP contribution in [0.5, 0.6) is 0 Å². The highest BCUT2D eigenvalue weighted by Crippen LogP contribution is 2.30. The van der Waals surface area contributed by atoms with Crippen LogP contribution in [0.3, 0.4) is 0 Å². The first-order chi connectivity index (χ1) is 8.99. The van der Waals surface area contributed by atoms with E-state index in [0.29, 0.717) is 16.9 Å². The summed E-state index contributed by atoms with van der Waals surface area (Å²) in [5, 5.41) is 3.19. The van der Waals surface area contributed by atoms with Gasteiger partial charge in [-0.2, -0.15) is 0 Å². The van der Waals surface area contributed by atoms with Gasteiger partial charge >= 0.3 is 0 Å². The van der Waals surface area contributed by atoms with E-state index in [1.165, 1.54) is 12.1 Å². The van der Waals surface area contributed by atoms with Crippen LogP contribution in [0.25, 0.3) is 0 Å². The molecule has 1 N–H and O–H groups in total. The third-order valence-electron chi connectivity index (χ3n) is 3.26. The average molecular weight is 334 g/mol. The zero-order valence-electron chi connectivity index (χ0n) is 11.8. The van der Waals surface area contributed by atoms with Crippen LogP contribution in [0.2, 0.25) is 0 Å². The van der Waals surface area contributed by atoms with Gasteiger partial charge in [0.15, 0.2) is 0 Å². The number of rotatable bonds is 7. The molecule has 1 rings (SSSR count). The van der Waals surface area contributed by atoms with Crippen LogP contribution in [0.1, 0.15) is 51.6 Å². The summed E-state index contributed by atoms with van der Waals surface area (Å²) < 4.78 is 28.5. The van der Waals surface area contributed by atoms with Crippen molar-refractivity contribution in [3.05, 3.63) is 33.8 Å². The smallest absolute Gasteiger partial charge is 0.132 e. The van der Waals surface area contributed by atoms with Gasteiger partial charge in [-0.15, -0.1) is 0 Å². The highest BCUT2D eigenvalue weighted by molar-refractivity contribution is 9.10. The SMILES string of the molecule is CCCC(C)CC(NCC)c1c(F)cc(Br)cc1F. The molecule has 0 aliphatic rings. The van der Waals surface area contributed by atoms with Gasteiger partial charge in [-0.25, -0.2) is 8.78 Å². The first-order valence-electron chi connectivity index (χ1n) is 6.87. The summed E-state index contributed by atoms with van der Waals surface area (Å²) in [5.41, 5.74) is 0.160. The Morgan fingerprint density at radius 1 is 1.21 bits per heavy atom. The van der Waals surface area contributed by atoms with Crippen LogP contribution < -0.4 is 5.32 Å². The van der Waals surface area contributed by atoms with Crippen LogP contribution in [0, 0.1) is 17.6 Å². The first-order valence-corrected chi connectivity index (χ1v) is 7.66. The molecule has 108 valence electrons. The third-order valence-corrected chi connectivity index (χ3v) is 3.72. The summed E-state index contributed by atoms with van der Waals surface area (Å²) >= 11 is 3.11. The van der Waals surface area contributed by atoms with Crippen molar-refractivity contribution < 1.29 is 8.78 Å². The van der Waals surface area contributed by atoms with E-state index in [0.717, 1.165) is 19.3 Å². The topological polar surface area (TPSA) is 12.0 Å². The summed E-state index contributed by atoms with van der Waals surface area (Å²) in [6.07, 6.45) is 2.91. The Kier molecular flexibility index (Phi) is 6.94. The number of hydrogen-bond donors (Lipinski definition) is 1. The third kappa shape index (κ3) is 4.84. The van der Waals surface area contributed by atoms with E-state index in [2.05, 4.69) is 35.1 Å². The molecule has 0 aliphatic carbocycles. The van der Waals surface area contributed by atoms with Crippen molar-refractivity contribution in [3.63, 3.8) is 0 Å². The first kappa shape index (κ1) is 16.6. The molecule has 0 saturated heterocycles. The van der Waals surface area contributed by atoms with Crippen LogP contribution in [0.4, 0.5) is 8.78 Å². The Morgan fingerprint density at radius 3 is 2.26 bits per heavy atom. The Balaban J connectivity index is 2.98. The standard InChI is InChI=1S/C15H22BrF2N/c1-4-6-10(3)7-14(19-5-2)15-12(17)8-11(16)9-13(15)18/h8-10,14,19H,4-7H2,1-3H3. The van der Waals surface area contributed by atoms with E-state index < -0.39 is 11.6 Å². The fourth-order valence-electron chi connectivity index (χ4n) is 2.45. The lowest BCUT2D eigenvalue weighted by molar-refractivity contribution is 0.375. The minimum atomic E-state index is -0.485. The van der Waals surface area contributed by atoms with Gasteiger partial charge in [0.25, 0.3) is 0 Å². The number of benzene rings is 1. The molecular formula is C15H22BrF2N. The normalized spacial score (nSPS) is 14.4. The van der Waals surface area contributed by atoms with Crippen LogP contribution >= 0.6 is 15.9 Å². The quantitative estimate of drug-likeness (QED) is 0.722. The molecular weight excluding hydrogens is 312 g/mol. The molecule has 0 heterocycles. The van der Waals surface area contributed by atoms with Gasteiger partial charge in [0.1, 0.15) is 11.6 Å². The van der Waals surface area contributed by atoms with Crippen molar-refractivity contribution in [2.75, 3.05) is 6.54 Å². The lowest BCUT2D eigenvalue weighted by Crippen LogP contribution is -2.25. The Hall–Kier alpha value is -0.480. The molecule has 0 aromatic heterocycles. The highest BCUT2D eigenvalue weighted by Gasteiger charge is 2.22. The molecule has 0 saturated carbocycles. The molecule has 0 radical (unpaired) electrons. The van der Waals surface area contributed by atoms with Gasteiger partial charge in [0.05, 0.1) is 0 Å². The largest absolute Gasteiger partial charge is 0.310 e. The summed E-state index contributed by atoms with van der Waals surface area (Å²) in [6, 6.07) is 2.39. The maximum atomic E-state index is 14.0. The van der Waals surface area contributed by atoms with Gasteiger partial charge in [-0.05, 0) is 31.0 Å². The van der Waals surface area contributed by atoms with Crippen molar-refractivity contribution in [2.24, 2.45) is 5.92 Å². The molecule has 4 heteroatoms. The van der Waals surface area contributed by atoms with Gasteiger partial charge < -0.3 is 5.32 Å². The van der Waals surface area contributed by atoms with Gasteiger partial charge in [0.2, 0.25) is 0 Å². The Morgan fingerprint density at radius 2 is 1.79 bits per heavy atom. The fourth-order valence-corrected chi connectivity index (χ4v) is 2.85. The summed E-state index contributed by atoms with van der Waals surface area (Å²) in [5.74, 6) is -0.528. The Labute approximate surface area is 122 Å². The molecule has 0 amide bonds. The van der Waals surface area contributed by atoms with Crippen molar-refractivity contribution in [1.29, 1.82) is 0 Å². The second-order valence-electron chi connectivity index (χ2n) is 5.02.